The van der Waals surface area contributed by atoms with Crippen molar-refractivity contribution in [3.8, 4) is 0 Å². The summed E-state index contributed by atoms with van der Waals surface area (Å²) in [6, 6.07) is 10.1. The van der Waals surface area contributed by atoms with Crippen LogP contribution in [0.4, 0.5) is 10.1 Å². The fourth-order valence-electron chi connectivity index (χ4n) is 3.35. The summed E-state index contributed by atoms with van der Waals surface area (Å²) in [4.78, 5) is 21.3. The molecule has 0 radical (unpaired) electrons. The Morgan fingerprint density at radius 1 is 1.28 bits per heavy atom. The Hall–Kier alpha value is -2.43. The first-order valence-electron chi connectivity index (χ1n) is 8.65. The number of hydrogen-bond acceptors (Lipinski definition) is 3. The molecule has 1 atom stereocenters. The molecule has 1 amide bonds. The molecule has 2 heterocycles. The highest BCUT2D eigenvalue weighted by Crippen LogP contribution is 2.29. The van der Waals surface area contributed by atoms with Crippen LogP contribution in [0.2, 0.25) is 0 Å². The number of rotatable bonds is 3. The van der Waals surface area contributed by atoms with E-state index in [9.17, 15) is 9.18 Å². The number of piperidine rings is 1. The van der Waals surface area contributed by atoms with Crippen LogP contribution in [0.1, 0.15) is 40.5 Å². The molecule has 1 saturated heterocycles. The number of aryl methyl sites for hydroxylation is 1. The Kier molecular flexibility index (Phi) is 5.02. The SMILES string of the molecule is Cc1cc(N(C)C)cc([C@H]2CCCN(C(=O)c3cccc(F)c3)C2)n1. The third kappa shape index (κ3) is 3.98. The van der Waals surface area contributed by atoms with Crippen molar-refractivity contribution in [2.24, 2.45) is 0 Å². The molecule has 0 spiro atoms. The van der Waals surface area contributed by atoms with Crippen LogP contribution in [0.25, 0.3) is 0 Å². The lowest BCUT2D eigenvalue weighted by atomic mass is 9.93. The highest BCUT2D eigenvalue weighted by atomic mass is 19.1. The molecule has 0 N–H and O–H groups in total. The molecule has 4 nitrogen and oxygen atoms in total. The molecule has 0 bridgehead atoms. The number of pyridine rings is 1. The minimum absolute atomic E-state index is 0.107. The Balaban J connectivity index is 1.80. The number of halogens is 1. The summed E-state index contributed by atoms with van der Waals surface area (Å²) in [6.07, 6.45) is 1.94. The third-order valence-corrected chi connectivity index (χ3v) is 4.67. The quantitative estimate of drug-likeness (QED) is 0.856. The van der Waals surface area contributed by atoms with Crippen molar-refractivity contribution >= 4 is 11.6 Å². The van der Waals surface area contributed by atoms with Crippen molar-refractivity contribution in [2.45, 2.75) is 25.7 Å². The molecule has 1 aliphatic rings. The molecular weight excluding hydrogens is 317 g/mol. The number of amides is 1. The summed E-state index contributed by atoms with van der Waals surface area (Å²) in [5, 5.41) is 0. The van der Waals surface area contributed by atoms with Crippen LogP contribution in [0.15, 0.2) is 36.4 Å². The van der Waals surface area contributed by atoms with E-state index in [0.717, 1.165) is 29.9 Å². The summed E-state index contributed by atoms with van der Waals surface area (Å²) in [7, 11) is 4.03. The molecule has 1 aliphatic heterocycles. The van der Waals surface area contributed by atoms with Gasteiger partial charge < -0.3 is 9.80 Å². The predicted octanol–water partition coefficient (Wildman–Crippen LogP) is 3.61. The molecule has 1 aromatic carbocycles. The standard InChI is InChI=1S/C20H24FN3O/c1-14-10-18(23(2)3)12-19(22-14)16-7-5-9-24(13-16)20(25)15-6-4-8-17(21)11-15/h4,6,8,10-12,16H,5,7,9,13H2,1-3H3/t16-/m0/s1. The minimum Gasteiger partial charge on any atom is -0.378 e. The Morgan fingerprint density at radius 3 is 2.80 bits per heavy atom. The van der Waals surface area contributed by atoms with Gasteiger partial charge >= 0.3 is 0 Å². The first-order chi connectivity index (χ1) is 11.9. The van der Waals surface area contributed by atoms with Gasteiger partial charge in [-0.15, -0.1) is 0 Å². The van der Waals surface area contributed by atoms with Crippen molar-refractivity contribution in [1.82, 2.24) is 9.88 Å². The molecule has 132 valence electrons. The molecule has 2 aromatic rings. The number of anilines is 1. The monoisotopic (exact) mass is 341 g/mol. The normalized spacial score (nSPS) is 17.4. The number of hydrogen-bond donors (Lipinski definition) is 0. The van der Waals surface area contributed by atoms with Crippen molar-refractivity contribution in [3.05, 3.63) is 59.2 Å². The Labute approximate surface area is 148 Å². The number of aromatic nitrogens is 1. The Bertz CT molecular complexity index is 775. The van der Waals surface area contributed by atoms with Crippen LogP contribution in [-0.2, 0) is 0 Å². The summed E-state index contributed by atoms with van der Waals surface area (Å²) >= 11 is 0. The second-order valence-electron chi connectivity index (χ2n) is 6.89. The maximum atomic E-state index is 13.4. The lowest BCUT2D eigenvalue weighted by Crippen LogP contribution is -2.39. The zero-order chi connectivity index (χ0) is 18.0. The van der Waals surface area contributed by atoms with Crippen LogP contribution >= 0.6 is 0 Å². The van der Waals surface area contributed by atoms with Gasteiger partial charge in [0.25, 0.3) is 5.91 Å². The number of carbonyl (C=O) groups excluding carboxylic acids is 1. The lowest BCUT2D eigenvalue weighted by molar-refractivity contribution is 0.0705. The van der Waals surface area contributed by atoms with Gasteiger partial charge in [0.15, 0.2) is 0 Å². The minimum atomic E-state index is -0.379. The van der Waals surface area contributed by atoms with Gasteiger partial charge in [0.1, 0.15) is 5.82 Å². The van der Waals surface area contributed by atoms with Gasteiger partial charge in [-0.05, 0) is 50.1 Å². The number of likely N-dealkylation sites (tertiary alicyclic amines) is 1. The fraction of sp³-hybridized carbons (Fsp3) is 0.400. The number of nitrogens with zero attached hydrogens (tertiary/aromatic N) is 3. The van der Waals surface area contributed by atoms with Gasteiger partial charge in [-0.25, -0.2) is 4.39 Å². The second kappa shape index (κ2) is 7.21. The van der Waals surface area contributed by atoms with Gasteiger partial charge in [-0.3, -0.25) is 9.78 Å². The van der Waals surface area contributed by atoms with E-state index in [0.29, 0.717) is 18.7 Å². The zero-order valence-corrected chi connectivity index (χ0v) is 15.0. The van der Waals surface area contributed by atoms with E-state index in [-0.39, 0.29) is 17.6 Å². The van der Waals surface area contributed by atoms with Gasteiger partial charge in [0.05, 0.1) is 0 Å². The van der Waals surface area contributed by atoms with Crippen LogP contribution in [0.5, 0.6) is 0 Å². The van der Waals surface area contributed by atoms with Gasteiger partial charge in [-0.2, -0.15) is 0 Å². The maximum absolute atomic E-state index is 13.4. The summed E-state index contributed by atoms with van der Waals surface area (Å²) < 4.78 is 13.4. The van der Waals surface area contributed by atoms with E-state index in [4.69, 9.17) is 4.98 Å². The van der Waals surface area contributed by atoms with Crippen molar-refractivity contribution < 1.29 is 9.18 Å². The fourth-order valence-corrected chi connectivity index (χ4v) is 3.35. The molecule has 0 aliphatic carbocycles. The van der Waals surface area contributed by atoms with Crippen molar-refractivity contribution in [3.63, 3.8) is 0 Å². The molecule has 0 saturated carbocycles. The van der Waals surface area contributed by atoms with E-state index in [1.54, 1.807) is 12.1 Å². The van der Waals surface area contributed by atoms with Crippen molar-refractivity contribution in [1.29, 1.82) is 0 Å². The summed E-state index contributed by atoms with van der Waals surface area (Å²) in [5.41, 5.74) is 3.54. The third-order valence-electron chi connectivity index (χ3n) is 4.67. The largest absolute Gasteiger partial charge is 0.378 e. The van der Waals surface area contributed by atoms with Crippen LogP contribution in [0, 0.1) is 12.7 Å². The van der Waals surface area contributed by atoms with Crippen LogP contribution in [0.3, 0.4) is 0 Å². The average Bonchev–Trinajstić information content (AvgIpc) is 2.60. The molecule has 5 heteroatoms. The lowest BCUT2D eigenvalue weighted by Gasteiger charge is -2.33. The van der Waals surface area contributed by atoms with Gasteiger partial charge in [0.2, 0.25) is 0 Å². The van der Waals surface area contributed by atoms with Crippen LogP contribution in [-0.4, -0.2) is 43.0 Å². The number of carbonyl (C=O) groups is 1. The maximum Gasteiger partial charge on any atom is 0.253 e. The zero-order valence-electron chi connectivity index (χ0n) is 15.0. The summed E-state index contributed by atoms with van der Waals surface area (Å²) in [5.74, 6) is -0.273. The highest BCUT2D eigenvalue weighted by molar-refractivity contribution is 5.94. The number of benzene rings is 1. The first-order valence-corrected chi connectivity index (χ1v) is 8.65. The molecule has 1 fully saturated rings. The molecule has 3 rings (SSSR count). The van der Waals surface area contributed by atoms with E-state index < -0.39 is 0 Å². The highest BCUT2D eigenvalue weighted by Gasteiger charge is 2.27. The molecule has 1 aromatic heterocycles. The Morgan fingerprint density at radius 2 is 2.08 bits per heavy atom. The van der Waals surface area contributed by atoms with Crippen LogP contribution < -0.4 is 4.90 Å². The average molecular weight is 341 g/mol. The summed E-state index contributed by atoms with van der Waals surface area (Å²) in [6.45, 7) is 3.33. The molecular formula is C20H24FN3O. The van der Waals surface area contributed by atoms with E-state index >= 15 is 0 Å². The van der Waals surface area contributed by atoms with E-state index in [1.165, 1.54) is 12.1 Å². The molecule has 25 heavy (non-hydrogen) atoms. The van der Waals surface area contributed by atoms with Crippen molar-refractivity contribution in [2.75, 3.05) is 32.1 Å². The van der Waals surface area contributed by atoms with Gasteiger partial charge in [0, 0.05) is 55.7 Å². The first kappa shape index (κ1) is 17.4. The second-order valence-corrected chi connectivity index (χ2v) is 6.89. The van der Waals surface area contributed by atoms with Gasteiger partial charge in [-0.1, -0.05) is 6.07 Å². The van der Waals surface area contributed by atoms with E-state index in [2.05, 4.69) is 17.0 Å². The van der Waals surface area contributed by atoms with E-state index in [1.807, 2.05) is 25.9 Å². The topological polar surface area (TPSA) is 36.4 Å². The predicted molar refractivity (Wildman–Crippen MR) is 97.6 cm³/mol. The smallest absolute Gasteiger partial charge is 0.253 e. The molecule has 0 unspecified atom stereocenters.